The van der Waals surface area contributed by atoms with Gasteiger partial charge in [-0.25, -0.2) is 26.9 Å². The number of hydrogen-bond donors (Lipinski definition) is 2. The number of piperazine rings is 1. The van der Waals surface area contributed by atoms with Gasteiger partial charge in [-0.1, -0.05) is 18.3 Å². The van der Waals surface area contributed by atoms with E-state index in [4.69, 9.17) is 0 Å². The fourth-order valence-corrected chi connectivity index (χ4v) is 6.81. The summed E-state index contributed by atoms with van der Waals surface area (Å²) in [4.78, 5) is 6.67. The zero-order valence-electron chi connectivity index (χ0n) is 19.1. The third-order valence-electron chi connectivity index (χ3n) is 6.50. The second-order valence-electron chi connectivity index (χ2n) is 9.26. The lowest BCUT2D eigenvalue weighted by Gasteiger charge is -2.38. The molecule has 1 saturated carbocycles. The molecule has 34 heavy (non-hydrogen) atoms. The third-order valence-corrected chi connectivity index (χ3v) is 8.98. The highest BCUT2D eigenvalue weighted by molar-refractivity contribution is 7.89. The second kappa shape index (κ2) is 8.47. The van der Waals surface area contributed by atoms with Crippen molar-refractivity contribution in [2.24, 2.45) is 0 Å². The minimum Gasteiger partial charge on any atom is -0.367 e. The fourth-order valence-electron chi connectivity index (χ4n) is 4.57. The van der Waals surface area contributed by atoms with Crippen LogP contribution in [0.25, 0.3) is 16.3 Å². The average molecular weight is 512 g/mol. The Morgan fingerprint density at radius 3 is 2.56 bits per heavy atom. The van der Waals surface area contributed by atoms with Crippen molar-refractivity contribution < 1.29 is 17.2 Å². The first-order valence-corrected chi connectivity index (χ1v) is 13.6. The number of alkyl halides is 2. The maximum absolute atomic E-state index is 13.4. The predicted octanol–water partition coefficient (Wildman–Crippen LogP) is 3.20. The Balaban J connectivity index is 1.66. The zero-order chi connectivity index (χ0) is 24.3. The molecule has 2 atom stereocenters. The molecule has 0 radical (unpaired) electrons. The Morgan fingerprint density at radius 1 is 1.26 bits per heavy atom. The number of nitrogens with one attached hydrogen (secondary N) is 2. The minimum atomic E-state index is -3.83. The SMILES string of the molecule is CCC1(NS(=O)(=O)c2cc(N3C[C@H](C)N[C@@H](C)C3)c3cnc(-c4nnc(C(F)F)s4)n3c2)CC1. The van der Waals surface area contributed by atoms with E-state index in [-0.39, 0.29) is 27.8 Å². The first-order valence-electron chi connectivity index (χ1n) is 11.3. The Kier molecular flexibility index (Phi) is 5.86. The highest BCUT2D eigenvalue weighted by atomic mass is 32.2. The van der Waals surface area contributed by atoms with Gasteiger partial charge in [-0.05, 0) is 39.2 Å². The van der Waals surface area contributed by atoms with E-state index in [9.17, 15) is 17.2 Å². The van der Waals surface area contributed by atoms with Gasteiger partial charge in [0.2, 0.25) is 10.0 Å². The number of imidazole rings is 1. The molecule has 2 N–H and O–H groups in total. The number of hydrogen-bond acceptors (Lipinski definition) is 8. The van der Waals surface area contributed by atoms with Gasteiger partial charge in [0.05, 0.1) is 17.4 Å². The molecule has 1 aliphatic heterocycles. The molecular weight excluding hydrogens is 484 g/mol. The van der Waals surface area contributed by atoms with Gasteiger partial charge in [0.25, 0.3) is 6.43 Å². The van der Waals surface area contributed by atoms with Gasteiger partial charge in [0, 0.05) is 36.9 Å². The smallest absolute Gasteiger partial charge is 0.291 e. The van der Waals surface area contributed by atoms with Crippen molar-refractivity contribution in [1.82, 2.24) is 29.6 Å². The second-order valence-corrected chi connectivity index (χ2v) is 11.9. The lowest BCUT2D eigenvalue weighted by Crippen LogP contribution is -2.54. The highest BCUT2D eigenvalue weighted by Crippen LogP contribution is 2.40. The van der Waals surface area contributed by atoms with E-state index in [0.717, 1.165) is 29.9 Å². The minimum absolute atomic E-state index is 0.103. The van der Waals surface area contributed by atoms with Crippen molar-refractivity contribution in [2.75, 3.05) is 18.0 Å². The van der Waals surface area contributed by atoms with E-state index in [1.54, 1.807) is 16.7 Å². The summed E-state index contributed by atoms with van der Waals surface area (Å²) in [5, 5.41) is 10.7. The molecule has 3 aromatic heterocycles. The fraction of sp³-hybridized carbons (Fsp3) is 0.571. The Labute approximate surface area is 200 Å². The number of rotatable bonds is 7. The number of sulfonamides is 1. The van der Waals surface area contributed by atoms with Crippen molar-refractivity contribution in [1.29, 1.82) is 0 Å². The molecular formula is C21H27F2N7O2S2. The molecule has 1 aliphatic carbocycles. The largest absolute Gasteiger partial charge is 0.367 e. The van der Waals surface area contributed by atoms with Gasteiger partial charge in [-0.2, -0.15) is 0 Å². The van der Waals surface area contributed by atoms with Crippen LogP contribution < -0.4 is 14.9 Å². The van der Waals surface area contributed by atoms with Crippen LogP contribution >= 0.6 is 11.3 Å². The predicted molar refractivity (Wildman–Crippen MR) is 126 cm³/mol. The van der Waals surface area contributed by atoms with Gasteiger partial charge >= 0.3 is 0 Å². The molecule has 0 bridgehead atoms. The lowest BCUT2D eigenvalue weighted by molar-refractivity contribution is 0.150. The molecule has 3 aromatic rings. The lowest BCUT2D eigenvalue weighted by atomic mass is 10.1. The molecule has 2 aliphatic rings. The summed E-state index contributed by atoms with van der Waals surface area (Å²) in [6.45, 7) is 7.50. The van der Waals surface area contributed by atoms with E-state index in [0.29, 0.717) is 25.0 Å². The van der Waals surface area contributed by atoms with Crippen LogP contribution in [-0.4, -0.2) is 58.7 Å². The first-order chi connectivity index (χ1) is 16.1. The quantitative estimate of drug-likeness (QED) is 0.502. The topological polar surface area (TPSA) is 105 Å². The van der Waals surface area contributed by atoms with E-state index in [1.165, 1.54) is 6.20 Å². The van der Waals surface area contributed by atoms with E-state index < -0.39 is 27.0 Å². The maximum Gasteiger partial charge on any atom is 0.291 e. The van der Waals surface area contributed by atoms with Crippen LogP contribution in [0.1, 0.15) is 51.5 Å². The van der Waals surface area contributed by atoms with Crippen LogP contribution in [0, 0.1) is 0 Å². The van der Waals surface area contributed by atoms with Crippen LogP contribution in [0.3, 0.4) is 0 Å². The highest BCUT2D eigenvalue weighted by Gasteiger charge is 2.44. The number of nitrogens with zero attached hydrogens (tertiary/aromatic N) is 5. The summed E-state index contributed by atoms with van der Waals surface area (Å²) >= 11 is 0.749. The summed E-state index contributed by atoms with van der Waals surface area (Å²) in [5.41, 5.74) is 1.01. The van der Waals surface area contributed by atoms with Gasteiger partial charge < -0.3 is 10.2 Å². The van der Waals surface area contributed by atoms with Crippen molar-refractivity contribution in [3.05, 3.63) is 23.5 Å². The van der Waals surface area contributed by atoms with E-state index in [1.807, 2.05) is 6.92 Å². The number of aromatic nitrogens is 4. The number of anilines is 1. The summed E-state index contributed by atoms with van der Waals surface area (Å²) in [6.07, 6.45) is 2.72. The van der Waals surface area contributed by atoms with E-state index in [2.05, 4.69) is 44.0 Å². The van der Waals surface area contributed by atoms with Gasteiger partial charge in [0.1, 0.15) is 4.90 Å². The Morgan fingerprint density at radius 2 is 1.97 bits per heavy atom. The molecule has 2 fully saturated rings. The summed E-state index contributed by atoms with van der Waals surface area (Å²) < 4.78 is 57.6. The van der Waals surface area contributed by atoms with E-state index >= 15 is 0 Å². The molecule has 9 nitrogen and oxygen atoms in total. The molecule has 0 aromatic carbocycles. The zero-order valence-corrected chi connectivity index (χ0v) is 20.8. The van der Waals surface area contributed by atoms with Gasteiger partial charge in [-0.15, -0.1) is 10.2 Å². The van der Waals surface area contributed by atoms with Crippen LogP contribution in [0.2, 0.25) is 0 Å². The third kappa shape index (κ3) is 4.30. The standard InChI is InChI=1S/C21H27F2N7O2S2/c1-4-21(5-6-21)28-34(31,32)14-7-15(29-9-12(2)25-13(3)10-29)16-8-24-18(30(16)11-14)20-27-26-19(33-20)17(22)23/h7-8,11-13,17,25,28H,4-6,9-10H2,1-3H3/t12-,13-/m0/s1. The molecule has 1 saturated heterocycles. The first kappa shape index (κ1) is 23.5. The van der Waals surface area contributed by atoms with Gasteiger partial charge in [-0.3, -0.25) is 4.40 Å². The molecule has 0 amide bonds. The van der Waals surface area contributed by atoms with Crippen LogP contribution in [0.4, 0.5) is 14.5 Å². The molecule has 13 heteroatoms. The monoisotopic (exact) mass is 511 g/mol. The number of halogens is 2. The van der Waals surface area contributed by atoms with Gasteiger partial charge in [0.15, 0.2) is 15.8 Å². The van der Waals surface area contributed by atoms with Crippen LogP contribution in [0.5, 0.6) is 0 Å². The van der Waals surface area contributed by atoms with Crippen molar-refractivity contribution in [3.63, 3.8) is 0 Å². The summed E-state index contributed by atoms with van der Waals surface area (Å²) in [7, 11) is -3.83. The van der Waals surface area contributed by atoms with Crippen molar-refractivity contribution in [3.8, 4) is 10.8 Å². The van der Waals surface area contributed by atoms with Crippen molar-refractivity contribution >= 4 is 32.6 Å². The van der Waals surface area contributed by atoms with Crippen LogP contribution in [-0.2, 0) is 10.0 Å². The average Bonchev–Trinajstić information content (AvgIpc) is 3.18. The summed E-state index contributed by atoms with van der Waals surface area (Å²) in [5.74, 6) is 0.283. The molecule has 0 unspecified atom stereocenters. The number of pyridine rings is 1. The Hall–Kier alpha value is -2.22. The normalized spacial score (nSPS) is 22.6. The molecule has 5 rings (SSSR count). The maximum atomic E-state index is 13.4. The van der Waals surface area contributed by atoms with Crippen molar-refractivity contribution in [2.45, 2.75) is 69.0 Å². The molecule has 184 valence electrons. The Bertz CT molecular complexity index is 1310. The molecule has 0 spiro atoms. The van der Waals surface area contributed by atoms with Crippen LogP contribution in [0.15, 0.2) is 23.4 Å². The number of fused-ring (bicyclic) bond motifs is 1. The molecule has 4 heterocycles. The summed E-state index contributed by atoms with van der Waals surface area (Å²) in [6, 6.07) is 2.09.